The lowest BCUT2D eigenvalue weighted by Gasteiger charge is -2.08. The number of amides is 1. The number of nitrogens with zero attached hydrogens (tertiary/aromatic N) is 2. The molecule has 1 amide bonds. The molecule has 6 nitrogen and oxygen atoms in total. The number of anilines is 3. The van der Waals surface area contributed by atoms with E-state index in [0.29, 0.717) is 16.6 Å². The minimum atomic E-state index is -0.359. The average molecular weight is 329 g/mol. The molecule has 2 N–H and O–H groups in total. The SMILES string of the molecule is Cc1cc(NC(=O)c2ccc(Nc3ccccc3Cl)cn2)no1. The fraction of sp³-hybridized carbons (Fsp3) is 0.0625. The first-order valence-corrected chi connectivity index (χ1v) is 7.22. The molecular weight excluding hydrogens is 316 g/mol. The number of pyridine rings is 1. The van der Waals surface area contributed by atoms with Gasteiger partial charge in [-0.25, -0.2) is 4.98 Å². The van der Waals surface area contributed by atoms with Crippen LogP contribution in [-0.4, -0.2) is 16.0 Å². The summed E-state index contributed by atoms with van der Waals surface area (Å²) in [6.07, 6.45) is 1.56. The van der Waals surface area contributed by atoms with E-state index < -0.39 is 0 Å². The van der Waals surface area contributed by atoms with E-state index in [-0.39, 0.29) is 11.6 Å². The highest BCUT2D eigenvalue weighted by molar-refractivity contribution is 6.33. The van der Waals surface area contributed by atoms with Crippen LogP contribution in [-0.2, 0) is 0 Å². The van der Waals surface area contributed by atoms with Gasteiger partial charge in [0.15, 0.2) is 5.82 Å². The van der Waals surface area contributed by atoms with Gasteiger partial charge in [0.2, 0.25) is 0 Å². The predicted molar refractivity (Wildman–Crippen MR) is 88.2 cm³/mol. The van der Waals surface area contributed by atoms with Gasteiger partial charge in [-0.3, -0.25) is 4.79 Å². The van der Waals surface area contributed by atoms with E-state index in [2.05, 4.69) is 20.8 Å². The van der Waals surface area contributed by atoms with E-state index >= 15 is 0 Å². The maximum absolute atomic E-state index is 12.1. The van der Waals surface area contributed by atoms with Crippen molar-refractivity contribution >= 4 is 34.7 Å². The molecular formula is C16H13ClN4O2. The van der Waals surface area contributed by atoms with Crippen LogP contribution in [0.2, 0.25) is 5.02 Å². The van der Waals surface area contributed by atoms with Gasteiger partial charge in [-0.1, -0.05) is 28.9 Å². The highest BCUT2D eigenvalue weighted by Crippen LogP contribution is 2.24. The number of halogens is 1. The Labute approximate surface area is 137 Å². The summed E-state index contributed by atoms with van der Waals surface area (Å²) in [6.45, 7) is 1.75. The van der Waals surface area contributed by atoms with Gasteiger partial charge >= 0.3 is 0 Å². The molecule has 3 aromatic rings. The molecule has 116 valence electrons. The van der Waals surface area contributed by atoms with Gasteiger partial charge in [0.05, 0.1) is 22.6 Å². The molecule has 0 aliphatic rings. The monoisotopic (exact) mass is 328 g/mol. The Bertz CT molecular complexity index is 830. The summed E-state index contributed by atoms with van der Waals surface area (Å²) in [6, 6.07) is 12.4. The maximum atomic E-state index is 12.1. The normalized spacial score (nSPS) is 10.3. The average Bonchev–Trinajstić information content (AvgIpc) is 2.95. The number of hydrogen-bond acceptors (Lipinski definition) is 5. The van der Waals surface area contributed by atoms with Crippen LogP contribution in [0.25, 0.3) is 0 Å². The first-order chi connectivity index (χ1) is 11.1. The van der Waals surface area contributed by atoms with Gasteiger partial charge in [0.25, 0.3) is 5.91 Å². The molecule has 7 heteroatoms. The molecule has 0 saturated heterocycles. The molecule has 23 heavy (non-hydrogen) atoms. The van der Waals surface area contributed by atoms with Crippen LogP contribution in [0.1, 0.15) is 16.2 Å². The lowest BCUT2D eigenvalue weighted by Crippen LogP contribution is -2.13. The van der Waals surface area contributed by atoms with Crippen LogP contribution < -0.4 is 10.6 Å². The molecule has 0 spiro atoms. The van der Waals surface area contributed by atoms with E-state index in [0.717, 1.165) is 11.4 Å². The second-order valence-corrected chi connectivity index (χ2v) is 5.22. The molecule has 2 aromatic heterocycles. The highest BCUT2D eigenvalue weighted by Gasteiger charge is 2.10. The Morgan fingerprint density at radius 2 is 2.04 bits per heavy atom. The fourth-order valence-electron chi connectivity index (χ4n) is 1.93. The lowest BCUT2D eigenvalue weighted by atomic mass is 10.3. The van der Waals surface area contributed by atoms with Gasteiger partial charge in [-0.05, 0) is 31.2 Å². The third-order valence-electron chi connectivity index (χ3n) is 3.02. The Hall–Kier alpha value is -2.86. The summed E-state index contributed by atoms with van der Waals surface area (Å²) in [5.41, 5.74) is 1.77. The van der Waals surface area contributed by atoms with Crippen molar-refractivity contribution in [1.82, 2.24) is 10.1 Å². The van der Waals surface area contributed by atoms with Crippen molar-refractivity contribution in [2.45, 2.75) is 6.92 Å². The Kier molecular flexibility index (Phi) is 4.25. The topological polar surface area (TPSA) is 80.0 Å². The molecule has 0 fully saturated rings. The van der Waals surface area contributed by atoms with E-state index in [1.54, 1.807) is 37.4 Å². The number of aromatic nitrogens is 2. The van der Waals surface area contributed by atoms with Crippen molar-refractivity contribution < 1.29 is 9.32 Å². The summed E-state index contributed by atoms with van der Waals surface area (Å²) in [4.78, 5) is 16.2. The lowest BCUT2D eigenvalue weighted by molar-refractivity contribution is 0.102. The molecule has 0 atom stereocenters. The number of carbonyl (C=O) groups is 1. The summed E-state index contributed by atoms with van der Waals surface area (Å²) in [7, 11) is 0. The molecule has 0 aliphatic carbocycles. The molecule has 0 saturated carbocycles. The van der Waals surface area contributed by atoms with Crippen molar-refractivity contribution in [2.75, 3.05) is 10.6 Å². The number of benzene rings is 1. The van der Waals surface area contributed by atoms with E-state index in [4.69, 9.17) is 16.1 Å². The van der Waals surface area contributed by atoms with Crippen LogP contribution in [0, 0.1) is 6.92 Å². The number of carbonyl (C=O) groups excluding carboxylic acids is 1. The van der Waals surface area contributed by atoms with Crippen LogP contribution in [0.4, 0.5) is 17.2 Å². The van der Waals surface area contributed by atoms with Gasteiger partial charge in [-0.15, -0.1) is 0 Å². The number of para-hydroxylation sites is 1. The first-order valence-electron chi connectivity index (χ1n) is 6.84. The molecule has 0 bridgehead atoms. The van der Waals surface area contributed by atoms with Crippen LogP contribution in [0.3, 0.4) is 0 Å². The van der Waals surface area contributed by atoms with Crippen molar-refractivity contribution in [3.05, 3.63) is 65.1 Å². The number of nitrogens with one attached hydrogen (secondary N) is 2. The van der Waals surface area contributed by atoms with E-state index in [9.17, 15) is 4.79 Å². The minimum Gasteiger partial charge on any atom is -0.360 e. The van der Waals surface area contributed by atoms with Crippen LogP contribution in [0.15, 0.2) is 53.2 Å². The second kappa shape index (κ2) is 6.50. The Morgan fingerprint density at radius 1 is 1.22 bits per heavy atom. The van der Waals surface area contributed by atoms with Crippen molar-refractivity contribution in [2.24, 2.45) is 0 Å². The fourth-order valence-corrected chi connectivity index (χ4v) is 2.11. The summed E-state index contributed by atoms with van der Waals surface area (Å²) in [5, 5.41) is 10.1. The van der Waals surface area contributed by atoms with Gasteiger partial charge in [0, 0.05) is 6.07 Å². The molecule has 0 radical (unpaired) electrons. The zero-order chi connectivity index (χ0) is 16.2. The van der Waals surface area contributed by atoms with Crippen LogP contribution in [0.5, 0.6) is 0 Å². The molecule has 0 unspecified atom stereocenters. The zero-order valence-electron chi connectivity index (χ0n) is 12.2. The zero-order valence-corrected chi connectivity index (χ0v) is 13.0. The predicted octanol–water partition coefficient (Wildman–Crippen LogP) is 4.03. The van der Waals surface area contributed by atoms with E-state index in [1.807, 2.05) is 18.2 Å². The van der Waals surface area contributed by atoms with Crippen molar-refractivity contribution in [3.8, 4) is 0 Å². The quantitative estimate of drug-likeness (QED) is 0.756. The maximum Gasteiger partial charge on any atom is 0.275 e. The third-order valence-corrected chi connectivity index (χ3v) is 3.35. The molecule has 2 heterocycles. The van der Waals surface area contributed by atoms with Crippen molar-refractivity contribution in [3.63, 3.8) is 0 Å². The largest absolute Gasteiger partial charge is 0.360 e. The summed E-state index contributed by atoms with van der Waals surface area (Å²) >= 11 is 6.09. The van der Waals surface area contributed by atoms with Gasteiger partial charge in [-0.2, -0.15) is 0 Å². The van der Waals surface area contributed by atoms with E-state index in [1.165, 1.54) is 0 Å². The minimum absolute atomic E-state index is 0.273. The summed E-state index contributed by atoms with van der Waals surface area (Å²) in [5.74, 6) is 0.614. The van der Waals surface area contributed by atoms with Gasteiger partial charge in [0.1, 0.15) is 11.5 Å². The molecule has 0 aliphatic heterocycles. The third kappa shape index (κ3) is 3.67. The standard InChI is InChI=1S/C16H13ClN4O2/c1-10-8-15(21-23-10)20-16(22)14-7-6-11(9-18-14)19-13-5-3-2-4-12(13)17/h2-9,19H,1H3,(H,20,21,22). The number of hydrogen-bond donors (Lipinski definition) is 2. The summed E-state index contributed by atoms with van der Waals surface area (Å²) < 4.78 is 4.89. The number of aryl methyl sites for hydroxylation is 1. The first kappa shape index (κ1) is 15.1. The highest BCUT2D eigenvalue weighted by atomic mass is 35.5. The van der Waals surface area contributed by atoms with Gasteiger partial charge < -0.3 is 15.2 Å². The Morgan fingerprint density at radius 3 is 2.70 bits per heavy atom. The Balaban J connectivity index is 1.69. The van der Waals surface area contributed by atoms with Crippen molar-refractivity contribution in [1.29, 1.82) is 0 Å². The number of rotatable bonds is 4. The second-order valence-electron chi connectivity index (χ2n) is 4.81. The molecule has 3 rings (SSSR count). The smallest absolute Gasteiger partial charge is 0.275 e. The molecule has 1 aromatic carbocycles. The van der Waals surface area contributed by atoms with Crippen LogP contribution >= 0.6 is 11.6 Å².